The van der Waals surface area contributed by atoms with Crippen molar-refractivity contribution in [3.63, 3.8) is 0 Å². The smallest absolute Gasteiger partial charge is 0.123 e. The van der Waals surface area contributed by atoms with Gasteiger partial charge in [0.1, 0.15) is 5.82 Å². The average molecular weight is 253 g/mol. The van der Waals surface area contributed by atoms with E-state index < -0.39 is 0 Å². The first-order valence-corrected chi connectivity index (χ1v) is 6.66. The third-order valence-electron chi connectivity index (χ3n) is 2.91. The van der Waals surface area contributed by atoms with E-state index in [2.05, 4.69) is 26.1 Å². The molecule has 0 aliphatic carbocycles. The molecule has 0 aliphatic rings. The maximum atomic E-state index is 12.8. The van der Waals surface area contributed by atoms with Gasteiger partial charge >= 0.3 is 0 Å². The van der Waals surface area contributed by atoms with Crippen LogP contribution in [0.2, 0.25) is 0 Å². The van der Waals surface area contributed by atoms with Crippen LogP contribution in [0.3, 0.4) is 0 Å². The molecule has 0 fully saturated rings. The number of nitrogens with one attached hydrogen (secondary N) is 1. The van der Waals surface area contributed by atoms with Crippen LogP contribution in [0.5, 0.6) is 0 Å². The van der Waals surface area contributed by atoms with Gasteiger partial charge in [-0.1, -0.05) is 26.0 Å². The Bertz CT molecular complexity index is 324. The first-order valence-electron chi connectivity index (χ1n) is 6.66. The highest BCUT2D eigenvalue weighted by Crippen LogP contribution is 2.12. The van der Waals surface area contributed by atoms with E-state index in [0.29, 0.717) is 5.92 Å². The van der Waals surface area contributed by atoms with Crippen molar-refractivity contribution in [2.75, 3.05) is 19.8 Å². The van der Waals surface area contributed by atoms with Gasteiger partial charge < -0.3 is 10.1 Å². The Morgan fingerprint density at radius 2 is 1.78 bits per heavy atom. The van der Waals surface area contributed by atoms with Crippen molar-refractivity contribution in [2.24, 2.45) is 5.92 Å². The summed E-state index contributed by atoms with van der Waals surface area (Å²) in [7, 11) is 0. The lowest BCUT2D eigenvalue weighted by molar-refractivity contribution is 0.123. The number of halogens is 1. The fraction of sp³-hybridized carbons (Fsp3) is 0.600. The van der Waals surface area contributed by atoms with E-state index in [9.17, 15) is 4.39 Å². The lowest BCUT2D eigenvalue weighted by Crippen LogP contribution is -2.23. The fourth-order valence-electron chi connectivity index (χ4n) is 1.64. The highest BCUT2D eigenvalue weighted by Gasteiger charge is 2.04. The maximum absolute atomic E-state index is 12.8. The van der Waals surface area contributed by atoms with Gasteiger partial charge in [-0.25, -0.2) is 4.39 Å². The van der Waals surface area contributed by atoms with E-state index in [-0.39, 0.29) is 11.9 Å². The number of hydrogen-bond donors (Lipinski definition) is 1. The number of benzene rings is 1. The van der Waals surface area contributed by atoms with Crippen molar-refractivity contribution in [1.29, 1.82) is 0 Å². The molecule has 3 heteroatoms. The molecule has 18 heavy (non-hydrogen) atoms. The van der Waals surface area contributed by atoms with Crippen molar-refractivity contribution >= 4 is 0 Å². The van der Waals surface area contributed by atoms with Gasteiger partial charge in [0.2, 0.25) is 0 Å². The molecule has 0 aromatic heterocycles. The molecule has 2 nitrogen and oxygen atoms in total. The summed E-state index contributed by atoms with van der Waals surface area (Å²) in [5.41, 5.74) is 1.10. The predicted octanol–water partition coefficient (Wildman–Crippen LogP) is 3.54. The highest BCUT2D eigenvalue weighted by molar-refractivity contribution is 5.19. The van der Waals surface area contributed by atoms with Crippen molar-refractivity contribution in [3.05, 3.63) is 35.6 Å². The Hall–Kier alpha value is -0.930. The number of rotatable bonds is 8. The Morgan fingerprint density at radius 3 is 2.39 bits per heavy atom. The third-order valence-corrected chi connectivity index (χ3v) is 2.91. The van der Waals surface area contributed by atoms with Crippen LogP contribution in [0.4, 0.5) is 4.39 Å². The highest BCUT2D eigenvalue weighted by atomic mass is 19.1. The number of ether oxygens (including phenoxy) is 1. The third kappa shape index (κ3) is 6.12. The molecule has 1 aromatic rings. The van der Waals surface area contributed by atoms with E-state index in [1.807, 2.05) is 12.1 Å². The number of hydrogen-bond acceptors (Lipinski definition) is 2. The molecular weight excluding hydrogens is 229 g/mol. The average Bonchev–Trinajstić information content (AvgIpc) is 2.34. The molecule has 1 aromatic carbocycles. The van der Waals surface area contributed by atoms with Gasteiger partial charge in [-0.05, 0) is 37.0 Å². The van der Waals surface area contributed by atoms with Gasteiger partial charge in [0.15, 0.2) is 0 Å². The summed E-state index contributed by atoms with van der Waals surface area (Å²) in [5.74, 6) is 0.499. The van der Waals surface area contributed by atoms with Crippen LogP contribution in [0.15, 0.2) is 24.3 Å². The van der Waals surface area contributed by atoms with Crippen LogP contribution in [0, 0.1) is 11.7 Å². The molecule has 1 atom stereocenters. The maximum Gasteiger partial charge on any atom is 0.123 e. The molecular formula is C15H24FNO. The first-order chi connectivity index (χ1) is 8.59. The topological polar surface area (TPSA) is 21.3 Å². The zero-order valence-electron chi connectivity index (χ0n) is 11.6. The second-order valence-electron chi connectivity index (χ2n) is 5.02. The van der Waals surface area contributed by atoms with E-state index in [0.717, 1.165) is 31.7 Å². The summed E-state index contributed by atoms with van der Waals surface area (Å²) < 4.78 is 18.3. The summed E-state index contributed by atoms with van der Waals surface area (Å²) in [6.07, 6.45) is 1.10. The standard InChI is InChI=1S/C15H24FNO/c1-12(2)8-10-18-11-9-17-13(3)14-4-6-15(16)7-5-14/h4-7,12-13,17H,8-11H2,1-3H3/t13-/m0/s1. The minimum atomic E-state index is -0.192. The van der Waals surface area contributed by atoms with Crippen molar-refractivity contribution in [3.8, 4) is 0 Å². The van der Waals surface area contributed by atoms with Crippen molar-refractivity contribution < 1.29 is 9.13 Å². The van der Waals surface area contributed by atoms with E-state index in [4.69, 9.17) is 4.74 Å². The lowest BCUT2D eigenvalue weighted by Gasteiger charge is -2.14. The Labute approximate surface area is 110 Å². The van der Waals surface area contributed by atoms with Crippen LogP contribution in [0.1, 0.15) is 38.8 Å². The molecule has 0 radical (unpaired) electrons. The summed E-state index contributed by atoms with van der Waals surface area (Å²) in [4.78, 5) is 0. The largest absolute Gasteiger partial charge is 0.380 e. The molecule has 0 amide bonds. The minimum absolute atomic E-state index is 0.192. The molecule has 0 saturated heterocycles. The first kappa shape index (κ1) is 15.1. The molecule has 0 bridgehead atoms. The monoisotopic (exact) mass is 253 g/mol. The minimum Gasteiger partial charge on any atom is -0.380 e. The molecule has 0 heterocycles. The molecule has 0 aliphatic heterocycles. The fourth-order valence-corrected chi connectivity index (χ4v) is 1.64. The Kier molecular flexibility index (Phi) is 6.91. The van der Waals surface area contributed by atoms with Crippen molar-refractivity contribution in [2.45, 2.75) is 33.2 Å². The SMILES string of the molecule is CC(C)CCOCCN[C@@H](C)c1ccc(F)cc1. The second-order valence-corrected chi connectivity index (χ2v) is 5.02. The molecule has 1 rings (SSSR count). The van der Waals surface area contributed by atoms with Gasteiger partial charge in [-0.2, -0.15) is 0 Å². The second kappa shape index (κ2) is 8.22. The molecule has 0 unspecified atom stereocenters. The van der Waals surface area contributed by atoms with Crippen LogP contribution in [0.25, 0.3) is 0 Å². The van der Waals surface area contributed by atoms with Crippen LogP contribution in [-0.2, 0) is 4.74 Å². The molecule has 0 spiro atoms. The van der Waals surface area contributed by atoms with Crippen LogP contribution in [-0.4, -0.2) is 19.8 Å². The van der Waals surface area contributed by atoms with Crippen molar-refractivity contribution in [1.82, 2.24) is 5.32 Å². The van der Waals surface area contributed by atoms with Crippen LogP contribution < -0.4 is 5.32 Å². The molecule has 102 valence electrons. The van der Waals surface area contributed by atoms with Gasteiger partial charge in [-0.3, -0.25) is 0 Å². The van der Waals surface area contributed by atoms with Gasteiger partial charge in [0, 0.05) is 19.2 Å². The summed E-state index contributed by atoms with van der Waals surface area (Å²) >= 11 is 0. The van der Waals surface area contributed by atoms with E-state index >= 15 is 0 Å². The quantitative estimate of drug-likeness (QED) is 0.715. The van der Waals surface area contributed by atoms with Crippen LogP contribution >= 0.6 is 0 Å². The summed E-state index contributed by atoms with van der Waals surface area (Å²) in [6, 6.07) is 6.83. The van der Waals surface area contributed by atoms with Gasteiger partial charge in [0.25, 0.3) is 0 Å². The lowest BCUT2D eigenvalue weighted by atomic mass is 10.1. The predicted molar refractivity (Wildman–Crippen MR) is 73.1 cm³/mol. The Balaban J connectivity index is 2.13. The van der Waals surface area contributed by atoms with Gasteiger partial charge in [0.05, 0.1) is 6.61 Å². The molecule has 0 saturated carbocycles. The van der Waals surface area contributed by atoms with E-state index in [1.165, 1.54) is 12.1 Å². The zero-order chi connectivity index (χ0) is 13.4. The zero-order valence-corrected chi connectivity index (χ0v) is 11.6. The molecule has 1 N–H and O–H groups in total. The van der Waals surface area contributed by atoms with Gasteiger partial charge in [-0.15, -0.1) is 0 Å². The summed E-state index contributed by atoms with van der Waals surface area (Å²) in [5, 5.41) is 3.36. The Morgan fingerprint density at radius 1 is 1.11 bits per heavy atom. The summed E-state index contributed by atoms with van der Waals surface area (Å²) in [6.45, 7) is 8.82. The van der Waals surface area contributed by atoms with E-state index in [1.54, 1.807) is 0 Å². The normalized spacial score (nSPS) is 12.9.